The number of nitrogens with zero attached hydrogens (tertiary/aromatic N) is 1. The third-order valence-electron chi connectivity index (χ3n) is 4.64. The highest BCUT2D eigenvalue weighted by Gasteiger charge is 2.23. The number of nitrogens with one attached hydrogen (secondary N) is 1. The maximum atomic E-state index is 13.3. The molecule has 0 radical (unpaired) electrons. The van der Waals surface area contributed by atoms with Gasteiger partial charge in [0.1, 0.15) is 0 Å². The van der Waals surface area contributed by atoms with Crippen molar-refractivity contribution in [3.8, 4) is 0 Å². The van der Waals surface area contributed by atoms with Crippen LogP contribution in [0.5, 0.6) is 0 Å². The van der Waals surface area contributed by atoms with E-state index in [2.05, 4.69) is 10.2 Å². The number of nitrogens with two attached hydrogens (primary N) is 1. The third kappa shape index (κ3) is 4.36. The van der Waals surface area contributed by atoms with Crippen LogP contribution in [0, 0.1) is 17.6 Å². The summed E-state index contributed by atoms with van der Waals surface area (Å²) in [4.78, 5) is 25.6. The molecule has 0 spiro atoms. The highest BCUT2D eigenvalue weighted by atomic mass is 35.5. The summed E-state index contributed by atoms with van der Waals surface area (Å²) in [6.45, 7) is 1.45. The van der Waals surface area contributed by atoms with Crippen molar-refractivity contribution >= 4 is 34.8 Å². The maximum absolute atomic E-state index is 13.3. The minimum absolute atomic E-state index is 0.0827. The molecule has 1 saturated heterocycles. The summed E-state index contributed by atoms with van der Waals surface area (Å²) >= 11 is 5.82. The van der Waals surface area contributed by atoms with Crippen LogP contribution in [0.15, 0.2) is 36.4 Å². The largest absolute Gasteiger partial charge is 0.371 e. The first-order valence-electron chi connectivity index (χ1n) is 8.45. The van der Waals surface area contributed by atoms with E-state index >= 15 is 0 Å². The van der Waals surface area contributed by atoms with Crippen molar-refractivity contribution < 1.29 is 18.4 Å². The maximum Gasteiger partial charge on any atom is 0.257 e. The van der Waals surface area contributed by atoms with Gasteiger partial charge in [-0.2, -0.15) is 0 Å². The second kappa shape index (κ2) is 7.92. The molecule has 1 heterocycles. The van der Waals surface area contributed by atoms with E-state index in [1.165, 1.54) is 0 Å². The van der Waals surface area contributed by atoms with E-state index in [4.69, 9.17) is 17.3 Å². The van der Waals surface area contributed by atoms with Crippen molar-refractivity contribution in [1.29, 1.82) is 0 Å². The van der Waals surface area contributed by atoms with Gasteiger partial charge in [0.25, 0.3) is 5.91 Å². The predicted octanol–water partition coefficient (Wildman–Crippen LogP) is 3.57. The number of carbonyl (C=O) groups is 2. The SMILES string of the molecule is NC(=O)C1CCN(c2ccc(NC(=O)c3cc(F)c(F)cc3Cl)cc2)CC1. The molecule has 2 aromatic carbocycles. The van der Waals surface area contributed by atoms with Crippen molar-refractivity contribution in [2.24, 2.45) is 11.7 Å². The van der Waals surface area contributed by atoms with Crippen LogP contribution in [0.3, 0.4) is 0 Å². The van der Waals surface area contributed by atoms with Crippen molar-refractivity contribution in [1.82, 2.24) is 0 Å². The lowest BCUT2D eigenvalue weighted by Crippen LogP contribution is -2.38. The summed E-state index contributed by atoms with van der Waals surface area (Å²) in [5.74, 6) is -3.22. The first kappa shape index (κ1) is 19.1. The van der Waals surface area contributed by atoms with E-state index in [0.717, 1.165) is 30.9 Å². The second-order valence-corrected chi connectivity index (χ2v) is 6.82. The third-order valence-corrected chi connectivity index (χ3v) is 4.95. The Morgan fingerprint density at radius 2 is 1.67 bits per heavy atom. The molecule has 3 N–H and O–H groups in total. The quantitative estimate of drug-likeness (QED) is 0.780. The monoisotopic (exact) mass is 393 g/mol. The Morgan fingerprint density at radius 3 is 2.26 bits per heavy atom. The normalized spacial score (nSPS) is 14.9. The zero-order valence-electron chi connectivity index (χ0n) is 14.3. The van der Waals surface area contributed by atoms with Crippen molar-refractivity contribution in [2.45, 2.75) is 12.8 Å². The molecule has 142 valence electrons. The number of hydrogen-bond donors (Lipinski definition) is 2. The smallest absolute Gasteiger partial charge is 0.257 e. The Bertz CT molecular complexity index is 866. The van der Waals surface area contributed by atoms with Gasteiger partial charge in [-0.25, -0.2) is 8.78 Å². The molecule has 2 aromatic rings. The lowest BCUT2D eigenvalue weighted by atomic mass is 9.96. The highest BCUT2D eigenvalue weighted by molar-refractivity contribution is 6.34. The number of hydrogen-bond acceptors (Lipinski definition) is 3. The van der Waals surface area contributed by atoms with Gasteiger partial charge in [-0.05, 0) is 49.2 Å². The van der Waals surface area contributed by atoms with Crippen LogP contribution in [-0.4, -0.2) is 24.9 Å². The van der Waals surface area contributed by atoms with Crippen molar-refractivity contribution in [3.63, 3.8) is 0 Å². The fraction of sp³-hybridized carbons (Fsp3) is 0.263. The molecule has 2 amide bonds. The number of piperidine rings is 1. The summed E-state index contributed by atoms with van der Waals surface area (Å²) in [5, 5.41) is 2.44. The Morgan fingerprint density at radius 1 is 1.07 bits per heavy atom. The van der Waals surface area contributed by atoms with Gasteiger partial charge in [0.05, 0.1) is 10.6 Å². The van der Waals surface area contributed by atoms with Crippen LogP contribution in [-0.2, 0) is 4.79 Å². The molecule has 3 rings (SSSR count). The molecule has 27 heavy (non-hydrogen) atoms. The van der Waals surface area contributed by atoms with Crippen LogP contribution < -0.4 is 16.0 Å². The van der Waals surface area contributed by atoms with Gasteiger partial charge < -0.3 is 16.0 Å². The lowest BCUT2D eigenvalue weighted by molar-refractivity contribution is -0.122. The molecule has 1 aliphatic rings. The topological polar surface area (TPSA) is 75.4 Å². The van der Waals surface area contributed by atoms with Gasteiger partial charge in [-0.15, -0.1) is 0 Å². The molecule has 1 aliphatic heterocycles. The molecule has 0 unspecified atom stereocenters. The molecular weight excluding hydrogens is 376 g/mol. The molecule has 0 saturated carbocycles. The molecule has 0 atom stereocenters. The van der Waals surface area contributed by atoms with E-state index in [1.807, 2.05) is 12.1 Å². The number of benzene rings is 2. The van der Waals surface area contributed by atoms with E-state index in [9.17, 15) is 18.4 Å². The minimum Gasteiger partial charge on any atom is -0.371 e. The number of carbonyl (C=O) groups excluding carboxylic acids is 2. The van der Waals surface area contributed by atoms with Crippen LogP contribution in [0.4, 0.5) is 20.2 Å². The lowest BCUT2D eigenvalue weighted by Gasteiger charge is -2.32. The number of halogens is 3. The van der Waals surface area contributed by atoms with E-state index in [-0.39, 0.29) is 22.4 Å². The Kier molecular flexibility index (Phi) is 5.60. The van der Waals surface area contributed by atoms with Gasteiger partial charge in [-0.1, -0.05) is 11.6 Å². The van der Waals surface area contributed by atoms with Crippen LogP contribution >= 0.6 is 11.6 Å². The van der Waals surface area contributed by atoms with E-state index < -0.39 is 17.5 Å². The first-order chi connectivity index (χ1) is 12.8. The number of rotatable bonds is 4. The zero-order valence-corrected chi connectivity index (χ0v) is 15.1. The van der Waals surface area contributed by atoms with Crippen LogP contribution in [0.25, 0.3) is 0 Å². The standard InChI is InChI=1S/C19H18ClF2N3O2/c20-15-10-17(22)16(21)9-14(15)19(27)24-12-1-3-13(4-2-12)25-7-5-11(6-8-25)18(23)26/h1-4,9-11H,5-8H2,(H2,23,26)(H,24,27). The number of anilines is 2. The predicted molar refractivity (Wildman–Crippen MR) is 99.9 cm³/mol. The number of primary amides is 1. The summed E-state index contributed by atoms with van der Waals surface area (Å²) < 4.78 is 26.5. The summed E-state index contributed by atoms with van der Waals surface area (Å²) in [6.07, 6.45) is 1.42. The zero-order chi connectivity index (χ0) is 19.6. The summed E-state index contributed by atoms with van der Waals surface area (Å²) in [6, 6.07) is 8.64. The Balaban J connectivity index is 1.65. The molecule has 0 aliphatic carbocycles. The first-order valence-corrected chi connectivity index (χ1v) is 8.83. The minimum atomic E-state index is -1.14. The van der Waals surface area contributed by atoms with Gasteiger partial charge in [-0.3, -0.25) is 9.59 Å². The summed E-state index contributed by atoms with van der Waals surface area (Å²) in [7, 11) is 0. The molecule has 5 nitrogen and oxygen atoms in total. The number of amides is 2. The van der Waals surface area contributed by atoms with E-state index in [1.54, 1.807) is 12.1 Å². The molecular formula is C19H18ClF2N3O2. The molecule has 0 aromatic heterocycles. The van der Waals surface area contributed by atoms with Crippen molar-refractivity contribution in [3.05, 3.63) is 58.6 Å². The Labute approximate surface area is 160 Å². The fourth-order valence-electron chi connectivity index (χ4n) is 3.07. The van der Waals surface area contributed by atoms with Crippen LogP contribution in [0.2, 0.25) is 5.02 Å². The average Bonchev–Trinajstić information content (AvgIpc) is 2.65. The fourth-order valence-corrected chi connectivity index (χ4v) is 3.31. The Hall–Kier alpha value is -2.67. The molecule has 0 bridgehead atoms. The highest BCUT2D eigenvalue weighted by Crippen LogP contribution is 2.25. The van der Waals surface area contributed by atoms with E-state index in [0.29, 0.717) is 18.5 Å². The van der Waals surface area contributed by atoms with Gasteiger partial charge in [0.2, 0.25) is 5.91 Å². The van der Waals surface area contributed by atoms with Gasteiger partial charge in [0.15, 0.2) is 11.6 Å². The summed E-state index contributed by atoms with van der Waals surface area (Å²) in [5.41, 5.74) is 6.65. The average molecular weight is 394 g/mol. The van der Waals surface area contributed by atoms with Gasteiger partial charge >= 0.3 is 0 Å². The second-order valence-electron chi connectivity index (χ2n) is 6.41. The molecule has 1 fully saturated rings. The molecule has 8 heteroatoms. The van der Waals surface area contributed by atoms with Crippen LogP contribution in [0.1, 0.15) is 23.2 Å². The van der Waals surface area contributed by atoms with Gasteiger partial charge in [0, 0.05) is 30.4 Å². The van der Waals surface area contributed by atoms with Crippen molar-refractivity contribution in [2.75, 3.05) is 23.3 Å².